The first-order valence-corrected chi connectivity index (χ1v) is 7.46. The lowest BCUT2D eigenvalue weighted by atomic mass is 10.0. The van der Waals surface area contributed by atoms with Crippen LogP contribution in [0.15, 0.2) is 42.5 Å². The van der Waals surface area contributed by atoms with Crippen molar-refractivity contribution in [1.82, 2.24) is 0 Å². The quantitative estimate of drug-likeness (QED) is 0.917. The summed E-state index contributed by atoms with van der Waals surface area (Å²) in [4.78, 5) is 2.43. The number of halogens is 1. The first kappa shape index (κ1) is 13.5. The Kier molecular flexibility index (Phi) is 3.95. The van der Waals surface area contributed by atoms with Crippen LogP contribution in [0, 0.1) is 0 Å². The third kappa shape index (κ3) is 2.67. The van der Waals surface area contributed by atoms with Crippen LogP contribution in [-0.2, 0) is 19.4 Å². The van der Waals surface area contributed by atoms with Crippen LogP contribution in [0.1, 0.15) is 16.7 Å². The number of hydrogen-bond donors (Lipinski definition) is 1. The van der Waals surface area contributed by atoms with Gasteiger partial charge in [0.1, 0.15) is 0 Å². The maximum Gasteiger partial charge on any atom is 0.0413 e. The molecule has 3 rings (SSSR count). The van der Waals surface area contributed by atoms with Crippen molar-refractivity contribution in [1.29, 1.82) is 0 Å². The molecule has 0 fully saturated rings. The first-order valence-electron chi connectivity index (χ1n) is 7.08. The van der Waals surface area contributed by atoms with Crippen LogP contribution in [0.5, 0.6) is 0 Å². The van der Waals surface area contributed by atoms with Crippen LogP contribution in [0.3, 0.4) is 0 Å². The highest BCUT2D eigenvalue weighted by Gasteiger charge is 2.16. The van der Waals surface area contributed by atoms with Gasteiger partial charge in [0.15, 0.2) is 0 Å². The van der Waals surface area contributed by atoms with Crippen molar-refractivity contribution in [2.24, 2.45) is 5.73 Å². The third-order valence-corrected chi connectivity index (χ3v) is 4.26. The number of nitrogens with two attached hydrogens (primary N) is 1. The molecule has 104 valence electrons. The lowest BCUT2D eigenvalue weighted by molar-refractivity contribution is 0.798. The van der Waals surface area contributed by atoms with E-state index >= 15 is 0 Å². The molecule has 3 heteroatoms. The fourth-order valence-corrected chi connectivity index (χ4v) is 3.13. The Morgan fingerprint density at radius 3 is 2.25 bits per heavy atom. The molecule has 0 aromatic heterocycles. The van der Waals surface area contributed by atoms with Crippen molar-refractivity contribution in [3.05, 3.63) is 64.2 Å². The van der Waals surface area contributed by atoms with E-state index in [0.29, 0.717) is 6.54 Å². The molecule has 0 spiro atoms. The van der Waals surface area contributed by atoms with Crippen LogP contribution >= 0.6 is 11.6 Å². The van der Waals surface area contributed by atoms with Crippen molar-refractivity contribution in [2.75, 3.05) is 18.0 Å². The molecule has 0 atom stereocenters. The van der Waals surface area contributed by atoms with Gasteiger partial charge in [-0.15, -0.1) is 0 Å². The number of nitrogens with zero attached hydrogens (tertiary/aromatic N) is 1. The Morgan fingerprint density at radius 2 is 1.65 bits per heavy atom. The monoisotopic (exact) mass is 286 g/mol. The molecule has 0 radical (unpaired) electrons. The van der Waals surface area contributed by atoms with Crippen molar-refractivity contribution < 1.29 is 0 Å². The van der Waals surface area contributed by atoms with Gasteiger partial charge in [0, 0.05) is 30.3 Å². The van der Waals surface area contributed by atoms with E-state index in [9.17, 15) is 0 Å². The van der Waals surface area contributed by atoms with Crippen molar-refractivity contribution in [3.8, 4) is 0 Å². The van der Waals surface area contributed by atoms with E-state index in [1.54, 1.807) is 0 Å². The lowest BCUT2D eigenvalue weighted by Crippen LogP contribution is -2.27. The summed E-state index contributed by atoms with van der Waals surface area (Å²) in [6.45, 7) is 2.59. The van der Waals surface area contributed by atoms with E-state index in [1.165, 1.54) is 16.8 Å². The predicted octanol–water partition coefficient (Wildman–Crippen LogP) is 3.40. The van der Waals surface area contributed by atoms with Gasteiger partial charge in [0.2, 0.25) is 0 Å². The van der Waals surface area contributed by atoms with Crippen LogP contribution in [-0.4, -0.2) is 13.1 Å². The Bertz CT molecular complexity index is 583. The molecule has 1 aliphatic heterocycles. The highest BCUT2D eigenvalue weighted by molar-refractivity contribution is 6.30. The van der Waals surface area contributed by atoms with Gasteiger partial charge in [-0.3, -0.25) is 0 Å². The average Bonchev–Trinajstić information content (AvgIpc) is 2.70. The summed E-state index contributed by atoms with van der Waals surface area (Å²) in [6, 6.07) is 14.8. The fourth-order valence-electron chi connectivity index (χ4n) is 2.93. The van der Waals surface area contributed by atoms with Crippen molar-refractivity contribution in [2.45, 2.75) is 19.4 Å². The summed E-state index contributed by atoms with van der Waals surface area (Å²) in [5.41, 5.74) is 11.2. The summed E-state index contributed by atoms with van der Waals surface area (Å²) in [7, 11) is 0. The van der Waals surface area contributed by atoms with Gasteiger partial charge in [-0.25, -0.2) is 0 Å². The molecule has 1 aliphatic rings. The molecule has 2 nitrogen and oxygen atoms in total. The second-order valence-corrected chi connectivity index (χ2v) is 5.67. The number of anilines is 1. The minimum Gasteiger partial charge on any atom is -0.371 e. The van der Waals surface area contributed by atoms with E-state index < -0.39 is 0 Å². The summed E-state index contributed by atoms with van der Waals surface area (Å²) in [5, 5.41) is 0.757. The standard InChI is InChI=1S/C17H19ClN2/c18-16-5-6-17(15(11-16)12-19)20-9-7-13-3-1-2-4-14(13)8-10-20/h1-6,11H,7-10,12,19H2. The van der Waals surface area contributed by atoms with E-state index in [4.69, 9.17) is 17.3 Å². The minimum absolute atomic E-state index is 0.527. The van der Waals surface area contributed by atoms with Crippen LogP contribution < -0.4 is 10.6 Å². The molecule has 0 saturated heterocycles. The van der Waals surface area contributed by atoms with Gasteiger partial charge in [-0.2, -0.15) is 0 Å². The third-order valence-electron chi connectivity index (χ3n) is 4.02. The number of fused-ring (bicyclic) bond motifs is 1. The maximum atomic E-state index is 6.07. The van der Waals surface area contributed by atoms with E-state index in [-0.39, 0.29) is 0 Å². The van der Waals surface area contributed by atoms with Gasteiger partial charge in [-0.05, 0) is 47.7 Å². The summed E-state index contributed by atoms with van der Waals surface area (Å²) in [6.07, 6.45) is 2.17. The van der Waals surface area contributed by atoms with Crippen LogP contribution in [0.25, 0.3) is 0 Å². The maximum absolute atomic E-state index is 6.07. The SMILES string of the molecule is NCc1cc(Cl)ccc1N1CCc2ccccc2CC1. The highest BCUT2D eigenvalue weighted by Crippen LogP contribution is 2.26. The van der Waals surface area contributed by atoms with Gasteiger partial charge in [0.05, 0.1) is 0 Å². The second kappa shape index (κ2) is 5.86. The average molecular weight is 287 g/mol. The van der Waals surface area contributed by atoms with Gasteiger partial charge < -0.3 is 10.6 Å². The largest absolute Gasteiger partial charge is 0.371 e. The molecule has 0 aliphatic carbocycles. The molecule has 2 N–H and O–H groups in total. The minimum atomic E-state index is 0.527. The number of benzene rings is 2. The van der Waals surface area contributed by atoms with Crippen LogP contribution in [0.4, 0.5) is 5.69 Å². The molecule has 20 heavy (non-hydrogen) atoms. The fraction of sp³-hybridized carbons (Fsp3) is 0.294. The molecular formula is C17H19ClN2. The normalized spacial score (nSPS) is 14.8. The van der Waals surface area contributed by atoms with Crippen molar-refractivity contribution >= 4 is 17.3 Å². The number of rotatable bonds is 2. The molecule has 0 amide bonds. The first-order chi connectivity index (χ1) is 9.78. The Balaban J connectivity index is 1.87. The second-order valence-electron chi connectivity index (χ2n) is 5.23. The summed E-state index contributed by atoms with van der Waals surface area (Å²) in [5.74, 6) is 0. The zero-order chi connectivity index (χ0) is 13.9. The van der Waals surface area contributed by atoms with Crippen LogP contribution in [0.2, 0.25) is 5.02 Å². The lowest BCUT2D eigenvalue weighted by Gasteiger charge is -2.25. The van der Waals surface area contributed by atoms with Gasteiger partial charge in [0.25, 0.3) is 0 Å². The van der Waals surface area contributed by atoms with Crippen molar-refractivity contribution in [3.63, 3.8) is 0 Å². The highest BCUT2D eigenvalue weighted by atomic mass is 35.5. The molecule has 0 unspecified atom stereocenters. The smallest absolute Gasteiger partial charge is 0.0413 e. The zero-order valence-corrected chi connectivity index (χ0v) is 12.2. The molecule has 2 aromatic rings. The Morgan fingerprint density at radius 1 is 1.00 bits per heavy atom. The van der Waals surface area contributed by atoms with Gasteiger partial charge >= 0.3 is 0 Å². The predicted molar refractivity (Wildman–Crippen MR) is 85.4 cm³/mol. The Hall–Kier alpha value is -1.51. The van der Waals surface area contributed by atoms with E-state index in [2.05, 4.69) is 35.2 Å². The topological polar surface area (TPSA) is 29.3 Å². The Labute approximate surface area is 125 Å². The molecule has 2 aromatic carbocycles. The molecule has 1 heterocycles. The molecule has 0 saturated carbocycles. The summed E-state index contributed by atoms with van der Waals surface area (Å²) < 4.78 is 0. The molecular weight excluding hydrogens is 268 g/mol. The van der Waals surface area contributed by atoms with Gasteiger partial charge in [-0.1, -0.05) is 35.9 Å². The zero-order valence-electron chi connectivity index (χ0n) is 11.5. The summed E-state index contributed by atoms with van der Waals surface area (Å²) >= 11 is 6.07. The van der Waals surface area contributed by atoms with E-state index in [1.807, 2.05) is 12.1 Å². The molecule has 0 bridgehead atoms. The van der Waals surface area contributed by atoms with E-state index in [0.717, 1.165) is 36.5 Å². The number of hydrogen-bond acceptors (Lipinski definition) is 2.